The number of anilines is 2. The quantitative estimate of drug-likeness (QED) is 0.862. The van der Waals surface area contributed by atoms with Gasteiger partial charge in [0.2, 0.25) is 0 Å². The van der Waals surface area contributed by atoms with Crippen molar-refractivity contribution in [3.63, 3.8) is 0 Å². The first-order valence-corrected chi connectivity index (χ1v) is 7.73. The molecule has 1 heterocycles. The molecule has 0 amide bonds. The van der Waals surface area contributed by atoms with Crippen molar-refractivity contribution in [3.8, 4) is 0 Å². The summed E-state index contributed by atoms with van der Waals surface area (Å²) in [5.74, 6) is 4.34. The van der Waals surface area contributed by atoms with Crippen molar-refractivity contribution >= 4 is 11.6 Å². The Labute approximate surface area is 123 Å². The van der Waals surface area contributed by atoms with Gasteiger partial charge in [-0.2, -0.15) is 0 Å². The van der Waals surface area contributed by atoms with Crippen molar-refractivity contribution in [2.24, 2.45) is 5.92 Å². The maximum absolute atomic E-state index is 4.85. The molecule has 4 nitrogen and oxygen atoms in total. The van der Waals surface area contributed by atoms with E-state index in [1.165, 1.54) is 19.3 Å². The van der Waals surface area contributed by atoms with Crippen LogP contribution in [-0.2, 0) is 0 Å². The van der Waals surface area contributed by atoms with E-state index in [1.54, 1.807) is 0 Å². The smallest absolute Gasteiger partial charge is 0.137 e. The highest BCUT2D eigenvalue weighted by molar-refractivity contribution is 5.58. The van der Waals surface area contributed by atoms with Crippen LogP contribution >= 0.6 is 0 Å². The summed E-state index contributed by atoms with van der Waals surface area (Å²) in [6.07, 6.45) is 3.64. The number of nitrogens with zero attached hydrogens (tertiary/aromatic N) is 3. The molecule has 1 aliphatic rings. The average molecular weight is 276 g/mol. The molecule has 0 aliphatic heterocycles. The predicted molar refractivity (Wildman–Crippen MR) is 85.6 cm³/mol. The summed E-state index contributed by atoms with van der Waals surface area (Å²) in [5, 5.41) is 3.22. The van der Waals surface area contributed by atoms with Crippen molar-refractivity contribution in [2.45, 2.75) is 58.9 Å². The molecular weight excluding hydrogens is 248 g/mol. The van der Waals surface area contributed by atoms with Crippen LogP contribution in [0.25, 0.3) is 0 Å². The van der Waals surface area contributed by atoms with Gasteiger partial charge < -0.3 is 10.2 Å². The van der Waals surface area contributed by atoms with Crippen molar-refractivity contribution in [1.82, 2.24) is 9.97 Å². The lowest BCUT2D eigenvalue weighted by Gasteiger charge is -2.29. The first-order chi connectivity index (χ1) is 9.43. The standard InChI is InChI=1S/C16H28N4/c1-10(2)9-11(3)20(6)16-12(4)14(17-5)18-15(19-16)13-7-8-13/h10-11,13H,7-9H2,1-6H3,(H,17,18,19). The van der Waals surface area contributed by atoms with Gasteiger partial charge in [-0.15, -0.1) is 0 Å². The van der Waals surface area contributed by atoms with Gasteiger partial charge in [-0.3, -0.25) is 0 Å². The molecule has 0 radical (unpaired) electrons. The van der Waals surface area contributed by atoms with Gasteiger partial charge in [-0.05, 0) is 39.0 Å². The van der Waals surface area contributed by atoms with E-state index >= 15 is 0 Å². The van der Waals surface area contributed by atoms with Gasteiger partial charge in [0, 0.05) is 31.6 Å². The van der Waals surface area contributed by atoms with Gasteiger partial charge in [0.25, 0.3) is 0 Å². The Hall–Kier alpha value is -1.32. The fourth-order valence-corrected chi connectivity index (χ4v) is 2.68. The van der Waals surface area contributed by atoms with E-state index in [4.69, 9.17) is 4.98 Å². The third-order valence-corrected chi connectivity index (χ3v) is 4.12. The van der Waals surface area contributed by atoms with Crippen molar-refractivity contribution in [2.75, 3.05) is 24.3 Å². The van der Waals surface area contributed by atoms with E-state index in [2.05, 4.69) is 49.9 Å². The molecule has 0 aromatic carbocycles. The molecule has 1 aliphatic carbocycles. The zero-order chi connectivity index (χ0) is 14.9. The largest absolute Gasteiger partial charge is 0.373 e. The average Bonchev–Trinajstić information content (AvgIpc) is 3.21. The number of rotatable bonds is 6. The summed E-state index contributed by atoms with van der Waals surface area (Å²) in [6.45, 7) is 8.92. The highest BCUT2D eigenvalue weighted by atomic mass is 15.2. The Morgan fingerprint density at radius 1 is 1.25 bits per heavy atom. The van der Waals surface area contributed by atoms with Crippen molar-refractivity contribution < 1.29 is 0 Å². The Balaban J connectivity index is 2.31. The van der Waals surface area contributed by atoms with Gasteiger partial charge in [-0.25, -0.2) is 9.97 Å². The van der Waals surface area contributed by atoms with Crippen LogP contribution in [0.5, 0.6) is 0 Å². The highest BCUT2D eigenvalue weighted by Gasteiger charge is 2.29. The SMILES string of the molecule is CNc1nc(C2CC2)nc(N(C)C(C)CC(C)C)c1C. The summed E-state index contributed by atoms with van der Waals surface area (Å²) in [7, 11) is 4.09. The molecule has 112 valence electrons. The second-order valence-electron chi connectivity index (χ2n) is 6.49. The number of hydrogen-bond acceptors (Lipinski definition) is 4. The Bertz CT molecular complexity index is 466. The zero-order valence-electron chi connectivity index (χ0n) is 13.7. The van der Waals surface area contributed by atoms with Gasteiger partial charge in [0.1, 0.15) is 17.5 Å². The topological polar surface area (TPSA) is 41.1 Å². The van der Waals surface area contributed by atoms with Crippen LogP contribution in [0.2, 0.25) is 0 Å². The normalized spacial score (nSPS) is 16.4. The summed E-state index contributed by atoms with van der Waals surface area (Å²) < 4.78 is 0. The summed E-state index contributed by atoms with van der Waals surface area (Å²) >= 11 is 0. The number of hydrogen-bond donors (Lipinski definition) is 1. The molecule has 1 aromatic heterocycles. The monoisotopic (exact) mass is 276 g/mol. The summed E-state index contributed by atoms with van der Waals surface area (Å²) in [6, 6.07) is 0.486. The lowest BCUT2D eigenvalue weighted by atomic mass is 10.0. The minimum absolute atomic E-state index is 0.486. The van der Waals surface area contributed by atoms with Crippen LogP contribution < -0.4 is 10.2 Å². The lowest BCUT2D eigenvalue weighted by molar-refractivity contribution is 0.501. The number of aromatic nitrogens is 2. The molecule has 1 aromatic rings. The van der Waals surface area contributed by atoms with Crippen molar-refractivity contribution in [1.29, 1.82) is 0 Å². The summed E-state index contributed by atoms with van der Waals surface area (Å²) in [4.78, 5) is 11.8. The van der Waals surface area contributed by atoms with E-state index in [0.717, 1.165) is 23.0 Å². The number of nitrogens with one attached hydrogen (secondary N) is 1. The molecule has 2 rings (SSSR count). The van der Waals surface area contributed by atoms with Gasteiger partial charge in [0.05, 0.1) is 0 Å². The first-order valence-electron chi connectivity index (χ1n) is 7.73. The second-order valence-corrected chi connectivity index (χ2v) is 6.49. The predicted octanol–water partition coefficient (Wildman–Crippen LogP) is 3.57. The molecular formula is C16H28N4. The molecule has 0 spiro atoms. The van der Waals surface area contributed by atoms with Crippen LogP contribution in [0.3, 0.4) is 0 Å². The van der Waals surface area contributed by atoms with Crippen LogP contribution in [-0.4, -0.2) is 30.1 Å². The van der Waals surface area contributed by atoms with Gasteiger partial charge in [-0.1, -0.05) is 13.8 Å². The highest BCUT2D eigenvalue weighted by Crippen LogP contribution is 2.40. The minimum Gasteiger partial charge on any atom is -0.373 e. The molecule has 4 heteroatoms. The molecule has 1 N–H and O–H groups in total. The maximum atomic E-state index is 4.85. The molecule has 20 heavy (non-hydrogen) atoms. The molecule has 0 bridgehead atoms. The summed E-state index contributed by atoms with van der Waals surface area (Å²) in [5.41, 5.74) is 1.15. The Morgan fingerprint density at radius 3 is 2.40 bits per heavy atom. The minimum atomic E-state index is 0.486. The van der Waals surface area contributed by atoms with E-state index in [-0.39, 0.29) is 0 Å². The lowest BCUT2D eigenvalue weighted by Crippen LogP contribution is -2.32. The van der Waals surface area contributed by atoms with Gasteiger partial charge in [0.15, 0.2) is 0 Å². The second kappa shape index (κ2) is 5.98. The molecule has 0 saturated heterocycles. The molecule has 1 saturated carbocycles. The zero-order valence-corrected chi connectivity index (χ0v) is 13.7. The van der Waals surface area contributed by atoms with Crippen molar-refractivity contribution in [3.05, 3.63) is 11.4 Å². The van der Waals surface area contributed by atoms with Gasteiger partial charge >= 0.3 is 0 Å². The van der Waals surface area contributed by atoms with E-state index < -0.39 is 0 Å². The first kappa shape index (κ1) is 15.1. The molecule has 1 unspecified atom stereocenters. The molecule has 1 atom stereocenters. The van der Waals surface area contributed by atoms with E-state index in [1.807, 2.05) is 7.05 Å². The van der Waals surface area contributed by atoms with Crippen LogP contribution in [0.4, 0.5) is 11.6 Å². The third kappa shape index (κ3) is 3.22. The fraction of sp³-hybridized carbons (Fsp3) is 0.750. The van der Waals surface area contributed by atoms with Crippen LogP contribution in [0.15, 0.2) is 0 Å². The van der Waals surface area contributed by atoms with E-state index in [9.17, 15) is 0 Å². The van der Waals surface area contributed by atoms with Crippen LogP contribution in [0, 0.1) is 12.8 Å². The Kier molecular flexibility index (Phi) is 4.51. The Morgan fingerprint density at radius 2 is 1.90 bits per heavy atom. The molecule has 1 fully saturated rings. The maximum Gasteiger partial charge on any atom is 0.137 e. The van der Waals surface area contributed by atoms with Crippen LogP contribution in [0.1, 0.15) is 57.3 Å². The fourth-order valence-electron chi connectivity index (χ4n) is 2.68. The van der Waals surface area contributed by atoms with E-state index in [0.29, 0.717) is 17.9 Å². The third-order valence-electron chi connectivity index (χ3n) is 4.12.